The molecule has 168 valence electrons. The molecule has 0 spiro atoms. The molecular weight excluding hydrogens is 420 g/mol. The van der Waals surface area contributed by atoms with Crippen LogP contribution in [0.15, 0.2) is 67.1 Å². The topological polar surface area (TPSA) is 93.8 Å². The minimum atomic E-state index is -0.462. The van der Waals surface area contributed by atoms with E-state index in [-0.39, 0.29) is 18.2 Å². The molecule has 1 saturated heterocycles. The Labute approximate surface area is 190 Å². The number of pyridine rings is 1. The molecule has 0 saturated carbocycles. The summed E-state index contributed by atoms with van der Waals surface area (Å²) in [5.41, 5.74) is 2.43. The van der Waals surface area contributed by atoms with E-state index in [0.717, 1.165) is 11.3 Å². The zero-order chi connectivity index (χ0) is 22.8. The third-order valence-electron chi connectivity index (χ3n) is 5.58. The molecule has 0 radical (unpaired) electrons. The lowest BCUT2D eigenvalue weighted by Gasteiger charge is -2.20. The van der Waals surface area contributed by atoms with Crippen molar-refractivity contribution in [2.75, 3.05) is 23.4 Å². The Morgan fingerprint density at radius 1 is 1.15 bits per heavy atom. The number of anilines is 2. The van der Waals surface area contributed by atoms with Crippen molar-refractivity contribution in [2.24, 2.45) is 5.92 Å². The predicted molar refractivity (Wildman–Crippen MR) is 123 cm³/mol. The fourth-order valence-electron chi connectivity index (χ4n) is 4.05. The van der Waals surface area contributed by atoms with Gasteiger partial charge in [-0.25, -0.2) is 4.98 Å². The van der Waals surface area contributed by atoms with E-state index in [1.54, 1.807) is 21.8 Å². The molecule has 1 fully saturated rings. The monoisotopic (exact) mass is 444 g/mol. The van der Waals surface area contributed by atoms with Crippen molar-refractivity contribution in [3.05, 3.63) is 72.8 Å². The van der Waals surface area contributed by atoms with Crippen molar-refractivity contribution in [3.8, 4) is 5.75 Å². The van der Waals surface area contributed by atoms with Gasteiger partial charge in [-0.1, -0.05) is 18.2 Å². The van der Waals surface area contributed by atoms with E-state index >= 15 is 0 Å². The molecule has 33 heavy (non-hydrogen) atoms. The molecular formula is C24H24N6O3. The molecule has 1 aromatic carbocycles. The van der Waals surface area contributed by atoms with E-state index in [1.807, 2.05) is 66.2 Å². The van der Waals surface area contributed by atoms with E-state index < -0.39 is 5.92 Å². The Balaban J connectivity index is 1.23. The van der Waals surface area contributed by atoms with Crippen molar-refractivity contribution in [1.29, 1.82) is 0 Å². The minimum Gasteiger partial charge on any atom is -0.492 e. The third-order valence-corrected chi connectivity index (χ3v) is 5.58. The fourth-order valence-corrected chi connectivity index (χ4v) is 4.05. The maximum Gasteiger partial charge on any atom is 0.231 e. The number of aromatic nitrogens is 4. The van der Waals surface area contributed by atoms with Crippen LogP contribution in [0.25, 0.3) is 5.65 Å². The average Bonchev–Trinajstić information content (AvgIpc) is 3.53. The van der Waals surface area contributed by atoms with Gasteiger partial charge in [0.1, 0.15) is 11.4 Å². The van der Waals surface area contributed by atoms with Crippen LogP contribution < -0.4 is 15.0 Å². The van der Waals surface area contributed by atoms with Crippen LogP contribution in [0.1, 0.15) is 19.0 Å². The largest absolute Gasteiger partial charge is 0.492 e. The summed E-state index contributed by atoms with van der Waals surface area (Å²) in [5.74, 6) is 0.303. The number of fused-ring (bicyclic) bond motifs is 1. The maximum absolute atomic E-state index is 12.8. The number of benzene rings is 1. The van der Waals surface area contributed by atoms with Gasteiger partial charge in [-0.3, -0.25) is 14.3 Å². The van der Waals surface area contributed by atoms with Gasteiger partial charge >= 0.3 is 0 Å². The quantitative estimate of drug-likeness (QED) is 0.473. The number of rotatable bonds is 7. The summed E-state index contributed by atoms with van der Waals surface area (Å²) in [5, 5.41) is 7.28. The Bertz CT molecular complexity index is 1280. The second-order valence-corrected chi connectivity index (χ2v) is 7.89. The van der Waals surface area contributed by atoms with Crippen LogP contribution in [0.4, 0.5) is 11.5 Å². The normalized spacial score (nSPS) is 15.8. The van der Waals surface area contributed by atoms with Gasteiger partial charge in [-0.2, -0.15) is 5.10 Å². The number of carbonyl (C=O) groups is 2. The van der Waals surface area contributed by atoms with Crippen molar-refractivity contribution in [1.82, 2.24) is 19.2 Å². The van der Waals surface area contributed by atoms with Crippen LogP contribution in [-0.4, -0.2) is 44.1 Å². The number of para-hydroxylation sites is 2. The van der Waals surface area contributed by atoms with Gasteiger partial charge < -0.3 is 19.4 Å². The number of nitrogens with one attached hydrogen (secondary N) is 1. The molecule has 0 bridgehead atoms. The van der Waals surface area contributed by atoms with Crippen molar-refractivity contribution < 1.29 is 14.3 Å². The molecule has 5 rings (SSSR count). The first kappa shape index (κ1) is 20.7. The number of imidazole rings is 1. The number of nitrogens with zero attached hydrogens (tertiary/aromatic N) is 5. The van der Waals surface area contributed by atoms with Gasteiger partial charge in [-0.15, -0.1) is 0 Å². The zero-order valence-corrected chi connectivity index (χ0v) is 18.2. The lowest BCUT2D eigenvalue weighted by atomic mass is 10.1. The maximum atomic E-state index is 12.8. The predicted octanol–water partition coefficient (Wildman–Crippen LogP) is 2.97. The molecule has 1 atom stereocenters. The van der Waals surface area contributed by atoms with E-state index in [1.165, 1.54) is 0 Å². The second-order valence-electron chi connectivity index (χ2n) is 7.89. The summed E-state index contributed by atoms with van der Waals surface area (Å²) in [4.78, 5) is 31.7. The zero-order valence-electron chi connectivity index (χ0n) is 18.2. The van der Waals surface area contributed by atoms with E-state index in [4.69, 9.17) is 4.74 Å². The van der Waals surface area contributed by atoms with E-state index in [0.29, 0.717) is 37.0 Å². The molecule has 1 aliphatic heterocycles. The molecule has 4 heterocycles. The Morgan fingerprint density at radius 3 is 2.85 bits per heavy atom. The highest BCUT2D eigenvalue weighted by Crippen LogP contribution is 2.33. The summed E-state index contributed by atoms with van der Waals surface area (Å²) in [6.45, 7) is 3.19. The minimum absolute atomic E-state index is 0.0975. The van der Waals surface area contributed by atoms with E-state index in [9.17, 15) is 9.59 Å². The summed E-state index contributed by atoms with van der Waals surface area (Å²) < 4.78 is 9.32. The van der Waals surface area contributed by atoms with Crippen LogP contribution in [0.5, 0.6) is 5.75 Å². The van der Waals surface area contributed by atoms with Gasteiger partial charge in [-0.05, 0) is 31.2 Å². The molecule has 0 unspecified atom stereocenters. The highest BCUT2D eigenvalue weighted by Gasteiger charge is 2.36. The SMILES string of the molecule is CCOc1ccccc1N1C[C@@H](C(=O)Nc2ccn(Cc3cn4ccccc4n3)n2)CC1=O. The third kappa shape index (κ3) is 4.30. The average molecular weight is 444 g/mol. The van der Waals surface area contributed by atoms with Crippen LogP contribution >= 0.6 is 0 Å². The molecule has 1 aliphatic rings. The molecule has 2 amide bonds. The molecule has 1 N–H and O–H groups in total. The first-order valence-corrected chi connectivity index (χ1v) is 10.9. The van der Waals surface area contributed by atoms with Gasteiger partial charge in [0.25, 0.3) is 0 Å². The van der Waals surface area contributed by atoms with E-state index in [2.05, 4.69) is 15.4 Å². The Hall–Kier alpha value is -4.14. The number of carbonyl (C=O) groups excluding carboxylic acids is 2. The fraction of sp³-hybridized carbons (Fsp3) is 0.250. The molecule has 4 aromatic rings. The van der Waals surface area contributed by atoms with Crippen LogP contribution in [0, 0.1) is 5.92 Å². The van der Waals surface area contributed by atoms with Crippen LogP contribution in [0.3, 0.4) is 0 Å². The van der Waals surface area contributed by atoms with Gasteiger partial charge in [0.2, 0.25) is 11.8 Å². The van der Waals surface area contributed by atoms with Gasteiger partial charge in [0.05, 0.1) is 30.5 Å². The van der Waals surface area contributed by atoms with Crippen molar-refractivity contribution in [3.63, 3.8) is 0 Å². The lowest BCUT2D eigenvalue weighted by molar-refractivity contribution is -0.122. The molecule has 0 aliphatic carbocycles. The molecule has 9 heteroatoms. The number of hydrogen-bond acceptors (Lipinski definition) is 5. The van der Waals surface area contributed by atoms with Gasteiger partial charge in [0, 0.05) is 37.6 Å². The van der Waals surface area contributed by atoms with Crippen LogP contribution in [-0.2, 0) is 16.1 Å². The first-order chi connectivity index (χ1) is 16.1. The summed E-state index contributed by atoms with van der Waals surface area (Å²) >= 11 is 0. The molecule has 3 aromatic heterocycles. The summed E-state index contributed by atoms with van der Waals surface area (Å²) in [6, 6.07) is 15.0. The highest BCUT2D eigenvalue weighted by atomic mass is 16.5. The van der Waals surface area contributed by atoms with Crippen LogP contribution in [0.2, 0.25) is 0 Å². The lowest BCUT2D eigenvalue weighted by Crippen LogP contribution is -2.28. The highest BCUT2D eigenvalue weighted by molar-refractivity contribution is 6.03. The van der Waals surface area contributed by atoms with Crippen molar-refractivity contribution in [2.45, 2.75) is 19.9 Å². The molecule has 9 nitrogen and oxygen atoms in total. The smallest absolute Gasteiger partial charge is 0.231 e. The second kappa shape index (κ2) is 8.78. The number of amides is 2. The summed E-state index contributed by atoms with van der Waals surface area (Å²) in [6.07, 6.45) is 5.84. The standard InChI is InChI=1S/C24H24N6O3/c1-2-33-20-8-4-3-7-19(20)30-14-17(13-23(30)31)24(32)26-21-10-12-29(27-21)16-18-15-28-11-6-5-9-22(28)25-18/h3-12,15,17H,2,13-14,16H2,1H3,(H,26,27,32)/t17-/m0/s1. The number of ether oxygens (including phenoxy) is 1. The Kier molecular flexibility index (Phi) is 5.52. The van der Waals surface area contributed by atoms with Gasteiger partial charge in [0.15, 0.2) is 5.82 Å². The number of hydrogen-bond donors (Lipinski definition) is 1. The summed E-state index contributed by atoms with van der Waals surface area (Å²) in [7, 11) is 0. The van der Waals surface area contributed by atoms with Crippen molar-refractivity contribution >= 4 is 29.0 Å². The Morgan fingerprint density at radius 2 is 2.00 bits per heavy atom. The first-order valence-electron chi connectivity index (χ1n) is 10.9.